The Morgan fingerprint density at radius 1 is 1.60 bits per heavy atom. The van der Waals surface area contributed by atoms with Crippen molar-refractivity contribution < 1.29 is 0 Å². The Labute approximate surface area is 93.2 Å². The lowest BCUT2D eigenvalue weighted by atomic mass is 10.2. The van der Waals surface area contributed by atoms with Crippen LogP contribution in [-0.4, -0.2) is 11.5 Å². The molecule has 0 aromatic carbocycles. The van der Waals surface area contributed by atoms with Crippen LogP contribution in [-0.2, 0) is 0 Å². The largest absolute Gasteiger partial charge is 0.241 e. The SMILES string of the molecule is Cc1ccc(C=CCCN=[N+]=[N-])c(Cl)n1. The molecule has 0 radical (unpaired) electrons. The molecule has 0 atom stereocenters. The van der Waals surface area contributed by atoms with E-state index in [1.165, 1.54) is 0 Å². The summed E-state index contributed by atoms with van der Waals surface area (Å²) in [7, 11) is 0. The molecule has 5 heteroatoms. The number of pyridine rings is 1. The van der Waals surface area contributed by atoms with Gasteiger partial charge in [0.1, 0.15) is 5.15 Å². The monoisotopic (exact) mass is 222 g/mol. The predicted octanol–water partition coefficient (Wildman–Crippen LogP) is 3.76. The van der Waals surface area contributed by atoms with Crippen LogP contribution in [0.1, 0.15) is 17.7 Å². The van der Waals surface area contributed by atoms with Crippen molar-refractivity contribution >= 4 is 17.7 Å². The first kappa shape index (κ1) is 11.6. The zero-order valence-electron chi connectivity index (χ0n) is 8.39. The third-order valence-corrected chi connectivity index (χ3v) is 2.08. The molecule has 0 aliphatic carbocycles. The van der Waals surface area contributed by atoms with Gasteiger partial charge in [-0.15, -0.1) is 0 Å². The van der Waals surface area contributed by atoms with E-state index in [2.05, 4.69) is 15.0 Å². The lowest BCUT2D eigenvalue weighted by molar-refractivity contribution is 0.995. The number of nitrogens with zero attached hydrogens (tertiary/aromatic N) is 4. The van der Waals surface area contributed by atoms with Gasteiger partial charge in [-0.25, -0.2) is 4.98 Å². The molecular formula is C10H11ClN4. The fraction of sp³-hybridized carbons (Fsp3) is 0.300. The molecule has 0 unspecified atom stereocenters. The average Bonchev–Trinajstić information content (AvgIpc) is 2.20. The molecule has 0 aliphatic heterocycles. The highest BCUT2D eigenvalue weighted by atomic mass is 35.5. The molecule has 1 rings (SSSR count). The third-order valence-electron chi connectivity index (χ3n) is 1.77. The zero-order valence-corrected chi connectivity index (χ0v) is 9.15. The molecule has 0 aliphatic rings. The van der Waals surface area contributed by atoms with E-state index in [4.69, 9.17) is 17.1 Å². The smallest absolute Gasteiger partial charge is 0.136 e. The van der Waals surface area contributed by atoms with E-state index in [0.717, 1.165) is 11.3 Å². The molecule has 1 aromatic heterocycles. The molecule has 78 valence electrons. The summed E-state index contributed by atoms with van der Waals surface area (Å²) in [5.41, 5.74) is 9.83. The van der Waals surface area contributed by atoms with Crippen molar-refractivity contribution in [3.05, 3.63) is 45.1 Å². The van der Waals surface area contributed by atoms with E-state index in [1.807, 2.05) is 31.2 Å². The number of azide groups is 1. The maximum atomic E-state index is 8.06. The number of hydrogen-bond donors (Lipinski definition) is 0. The summed E-state index contributed by atoms with van der Waals surface area (Å²) in [6.45, 7) is 2.35. The van der Waals surface area contributed by atoms with E-state index < -0.39 is 0 Å². The van der Waals surface area contributed by atoms with Crippen molar-refractivity contribution in [1.29, 1.82) is 0 Å². The molecule has 0 bridgehead atoms. The van der Waals surface area contributed by atoms with Crippen LogP contribution in [0.3, 0.4) is 0 Å². The molecule has 0 fully saturated rings. The topological polar surface area (TPSA) is 61.7 Å². The Bertz CT molecular complexity index is 408. The standard InChI is InChI=1S/C10H11ClN4/c1-8-5-6-9(10(11)14-8)4-2-3-7-13-15-12/h2,4-6H,3,7H2,1H3. The molecule has 0 N–H and O–H groups in total. The second-order valence-corrected chi connectivity index (χ2v) is 3.34. The van der Waals surface area contributed by atoms with Crippen molar-refractivity contribution in [3.8, 4) is 0 Å². The van der Waals surface area contributed by atoms with Gasteiger partial charge in [0.2, 0.25) is 0 Å². The molecule has 0 spiro atoms. The van der Waals surface area contributed by atoms with E-state index in [1.54, 1.807) is 0 Å². The molecular weight excluding hydrogens is 212 g/mol. The summed E-state index contributed by atoms with van der Waals surface area (Å²) in [6.07, 6.45) is 4.49. The summed E-state index contributed by atoms with van der Waals surface area (Å²) in [5, 5.41) is 3.92. The number of aryl methyl sites for hydroxylation is 1. The van der Waals surface area contributed by atoms with Crippen molar-refractivity contribution in [2.24, 2.45) is 5.11 Å². The molecule has 4 nitrogen and oxygen atoms in total. The fourth-order valence-electron chi connectivity index (χ4n) is 1.05. The number of rotatable bonds is 4. The van der Waals surface area contributed by atoms with Crippen molar-refractivity contribution in [1.82, 2.24) is 4.98 Å². The summed E-state index contributed by atoms with van der Waals surface area (Å²) in [4.78, 5) is 6.78. The summed E-state index contributed by atoms with van der Waals surface area (Å²) in [6, 6.07) is 3.81. The van der Waals surface area contributed by atoms with Crippen molar-refractivity contribution in [2.45, 2.75) is 13.3 Å². The molecule has 1 aromatic rings. The predicted molar refractivity (Wildman–Crippen MR) is 61.6 cm³/mol. The van der Waals surface area contributed by atoms with Gasteiger partial charge in [-0.1, -0.05) is 34.9 Å². The lowest BCUT2D eigenvalue weighted by Gasteiger charge is -1.98. The highest BCUT2D eigenvalue weighted by Gasteiger charge is 1.96. The van der Waals surface area contributed by atoms with E-state index in [9.17, 15) is 0 Å². The zero-order chi connectivity index (χ0) is 11.1. The lowest BCUT2D eigenvalue weighted by Crippen LogP contribution is -1.84. The van der Waals surface area contributed by atoms with Crippen LogP contribution < -0.4 is 0 Å². The van der Waals surface area contributed by atoms with Gasteiger partial charge in [-0.05, 0) is 24.9 Å². The Hall–Kier alpha value is -1.51. The van der Waals surface area contributed by atoms with Gasteiger partial charge in [-0.3, -0.25) is 0 Å². The van der Waals surface area contributed by atoms with E-state index in [0.29, 0.717) is 18.1 Å². The normalized spacial score (nSPS) is 10.3. The summed E-state index contributed by atoms with van der Waals surface area (Å²) < 4.78 is 0. The number of aromatic nitrogens is 1. The molecule has 0 saturated carbocycles. The van der Waals surface area contributed by atoms with Gasteiger partial charge >= 0.3 is 0 Å². The van der Waals surface area contributed by atoms with Crippen LogP contribution in [0.15, 0.2) is 23.3 Å². The fourth-order valence-corrected chi connectivity index (χ4v) is 1.31. The average molecular weight is 223 g/mol. The van der Waals surface area contributed by atoms with Crippen LogP contribution in [0.2, 0.25) is 5.15 Å². The number of hydrogen-bond acceptors (Lipinski definition) is 2. The molecule has 15 heavy (non-hydrogen) atoms. The second kappa shape index (κ2) is 6.06. The van der Waals surface area contributed by atoms with Crippen LogP contribution >= 0.6 is 11.6 Å². The van der Waals surface area contributed by atoms with Gasteiger partial charge in [-0.2, -0.15) is 0 Å². The first-order valence-corrected chi connectivity index (χ1v) is 4.92. The highest BCUT2D eigenvalue weighted by Crippen LogP contribution is 2.15. The van der Waals surface area contributed by atoms with Crippen LogP contribution in [0.25, 0.3) is 16.5 Å². The van der Waals surface area contributed by atoms with Crippen LogP contribution in [0.5, 0.6) is 0 Å². The molecule has 0 saturated heterocycles. The Kier molecular flexibility index (Phi) is 4.68. The molecule has 1 heterocycles. The minimum Gasteiger partial charge on any atom is -0.241 e. The Morgan fingerprint density at radius 2 is 2.40 bits per heavy atom. The Balaban J connectivity index is 2.60. The first-order valence-electron chi connectivity index (χ1n) is 4.54. The number of halogens is 1. The maximum absolute atomic E-state index is 8.06. The van der Waals surface area contributed by atoms with Crippen molar-refractivity contribution in [3.63, 3.8) is 0 Å². The van der Waals surface area contributed by atoms with Gasteiger partial charge in [0.25, 0.3) is 0 Å². The summed E-state index contributed by atoms with van der Waals surface area (Å²) in [5.74, 6) is 0. The van der Waals surface area contributed by atoms with Crippen LogP contribution in [0, 0.1) is 6.92 Å². The third kappa shape index (κ3) is 4.02. The minimum atomic E-state index is 0.462. The minimum absolute atomic E-state index is 0.462. The summed E-state index contributed by atoms with van der Waals surface area (Å²) >= 11 is 5.93. The van der Waals surface area contributed by atoms with E-state index in [-0.39, 0.29) is 0 Å². The highest BCUT2D eigenvalue weighted by molar-refractivity contribution is 6.30. The quantitative estimate of drug-likeness (QED) is 0.252. The van der Waals surface area contributed by atoms with E-state index >= 15 is 0 Å². The van der Waals surface area contributed by atoms with Crippen LogP contribution in [0.4, 0.5) is 0 Å². The van der Waals surface area contributed by atoms with Gasteiger partial charge in [0, 0.05) is 22.7 Å². The second-order valence-electron chi connectivity index (χ2n) is 2.98. The molecule has 0 amide bonds. The van der Waals surface area contributed by atoms with Gasteiger partial charge < -0.3 is 0 Å². The maximum Gasteiger partial charge on any atom is 0.136 e. The van der Waals surface area contributed by atoms with Gasteiger partial charge in [0.15, 0.2) is 0 Å². The Morgan fingerprint density at radius 3 is 3.07 bits per heavy atom. The van der Waals surface area contributed by atoms with Crippen molar-refractivity contribution in [2.75, 3.05) is 6.54 Å². The first-order chi connectivity index (χ1) is 7.24. The van der Waals surface area contributed by atoms with Gasteiger partial charge in [0.05, 0.1) is 0 Å².